The highest BCUT2D eigenvalue weighted by atomic mass is 16.5. The van der Waals surface area contributed by atoms with Crippen molar-refractivity contribution >= 4 is 52.3 Å². The number of nitrogens with zero attached hydrogens (tertiary/aromatic N) is 7. The van der Waals surface area contributed by atoms with Crippen LogP contribution in [0.1, 0.15) is 75.4 Å². The molecule has 10 rings (SSSR count). The van der Waals surface area contributed by atoms with E-state index in [1.54, 1.807) is 44.2 Å². The van der Waals surface area contributed by atoms with Gasteiger partial charge in [0.1, 0.15) is 30.5 Å². The van der Waals surface area contributed by atoms with E-state index in [-0.39, 0.29) is 56.3 Å². The van der Waals surface area contributed by atoms with Gasteiger partial charge in [-0.2, -0.15) is 0 Å². The fraction of sp³-hybridized carbons (Fsp3) is 0.484. The molecule has 1 unspecified atom stereocenters. The molecule has 446 valence electrons. The average Bonchev–Trinajstić information content (AvgIpc) is 1.86. The third kappa shape index (κ3) is 11.8. The molecule has 5 aromatic rings. The molecule has 0 radical (unpaired) electrons. The smallest absolute Gasteiger partial charge is 0.409 e. The number of pyridine rings is 1. The van der Waals surface area contributed by atoms with Crippen molar-refractivity contribution in [1.29, 1.82) is 0 Å². The zero-order valence-electron chi connectivity index (χ0n) is 49.4. The number of likely N-dealkylation sites (tertiary alicyclic amines) is 1. The summed E-state index contributed by atoms with van der Waals surface area (Å²) in [5.74, 6) is -4.49. The minimum Gasteiger partial charge on any atom is -0.508 e. The number of hydrogen-bond acceptors (Lipinski definition) is 14. The molecule has 6 bridgehead atoms. The number of nitrogens with one attached hydrogen (secondary N) is 2. The number of cyclic esters (lactones) is 1. The number of carbonyl (C=O) groups excluding carboxylic acids is 6. The SMILES string of the molecule is C=C[C@@H](C)[C@@H](C(=O)N[C@H]1Cc2cc(O)cc(c2)-c2ccc3c(c2)c(c(-c2cc(N4CCN(C(=O)OC)CC4)cnc2[C@H](C)OC)n3CC)CC(C)(C)COC(=O)[C@H]2NN(CC3C[C@@H]32)C1=O)N(C)C(=O)[C@@H]1CN(C(=O)CO)C[C@@H]1c1ccccc1. The van der Waals surface area contributed by atoms with E-state index >= 15 is 9.59 Å². The molecular formula is C64H79N9O11. The Morgan fingerprint density at radius 3 is 2.40 bits per heavy atom. The maximum Gasteiger partial charge on any atom is 0.409 e. The number of phenols is 1. The highest BCUT2D eigenvalue weighted by Gasteiger charge is 2.54. The molecule has 84 heavy (non-hydrogen) atoms. The predicted octanol–water partition coefficient (Wildman–Crippen LogP) is 6.08. The van der Waals surface area contributed by atoms with E-state index < -0.39 is 83.6 Å². The van der Waals surface area contributed by atoms with Gasteiger partial charge in [0.2, 0.25) is 17.7 Å². The number of piperazine rings is 1. The first kappa shape index (κ1) is 59.4. The number of aromatic nitrogens is 2. The molecule has 5 aliphatic rings. The Kier molecular flexibility index (Phi) is 17.3. The lowest BCUT2D eigenvalue weighted by Crippen LogP contribution is -2.63. The summed E-state index contributed by atoms with van der Waals surface area (Å²) in [5, 5.41) is 26.9. The van der Waals surface area contributed by atoms with E-state index in [0.717, 1.165) is 50.2 Å². The van der Waals surface area contributed by atoms with Crippen LogP contribution in [0, 0.1) is 29.1 Å². The van der Waals surface area contributed by atoms with Gasteiger partial charge < -0.3 is 53.9 Å². The van der Waals surface area contributed by atoms with Gasteiger partial charge in [0.15, 0.2) is 0 Å². The van der Waals surface area contributed by atoms with E-state index in [1.807, 2.05) is 55.6 Å². The molecule has 4 aliphatic heterocycles. The monoisotopic (exact) mass is 1150 g/mol. The van der Waals surface area contributed by atoms with Crippen molar-refractivity contribution < 1.29 is 53.2 Å². The van der Waals surface area contributed by atoms with Crippen LogP contribution in [0.25, 0.3) is 33.3 Å². The molecular weight excluding hydrogens is 1070 g/mol. The Morgan fingerprint density at radius 2 is 1.71 bits per heavy atom. The summed E-state index contributed by atoms with van der Waals surface area (Å²) < 4.78 is 19.6. The number of amides is 5. The van der Waals surface area contributed by atoms with Crippen molar-refractivity contribution in [2.45, 2.75) is 90.6 Å². The Labute approximate surface area is 490 Å². The number of esters is 1. The number of aliphatic hydroxyl groups excluding tert-OH is 1. The van der Waals surface area contributed by atoms with E-state index in [0.29, 0.717) is 56.7 Å². The molecule has 4 fully saturated rings. The van der Waals surface area contributed by atoms with Gasteiger partial charge in [0, 0.05) is 107 Å². The van der Waals surface area contributed by atoms with Gasteiger partial charge in [-0.3, -0.25) is 34.0 Å². The number of carbonyl (C=O) groups is 6. The number of phenolic OH excluding ortho intramolecular Hbond substituents is 1. The highest BCUT2D eigenvalue weighted by Crippen LogP contribution is 2.47. The summed E-state index contributed by atoms with van der Waals surface area (Å²) in [6.07, 6.45) is 3.75. The summed E-state index contributed by atoms with van der Waals surface area (Å²) >= 11 is 0. The average molecular weight is 1150 g/mol. The van der Waals surface area contributed by atoms with Gasteiger partial charge >= 0.3 is 12.1 Å². The predicted molar refractivity (Wildman–Crippen MR) is 316 cm³/mol. The molecule has 1 saturated carbocycles. The van der Waals surface area contributed by atoms with Crippen LogP contribution in [0.4, 0.5) is 10.5 Å². The molecule has 3 aromatic carbocycles. The number of rotatable bonds is 13. The first-order valence-electron chi connectivity index (χ1n) is 29.2. The van der Waals surface area contributed by atoms with Crippen LogP contribution in [0.3, 0.4) is 0 Å². The zero-order chi connectivity index (χ0) is 59.9. The Morgan fingerprint density at radius 1 is 0.964 bits per heavy atom. The standard InChI is InChI=1S/C64H79N9O11/c1-10-37(3)57(68(7)60(78)51-34-71(54(76)35-74)33-50(51)40-15-13-12-14-16-40)59(77)66-52-25-39-23-42(26-45(75)24-39)41-17-18-53-47(27-41)49(30-64(5,6)36-84-62(80)56-46-28-43(46)32-73(67-56)61(52)79)58(72(53)11-2)48-29-44(31-65-55(48)38(4)82-8)69-19-21-70(22-20-69)63(81)83-9/h10,12-18,23-24,26-27,29,31,37-38,43,46,50-52,56-57,67,74-75H,1,11,19-22,25,28,30,32-36H2,2-9H3,(H,66,77)/t37-,38+,43?,46+,50-,51-,52+,56+,57+/m1/s1. The number of aliphatic hydroxyl groups is 1. The van der Waals surface area contributed by atoms with Crippen molar-refractivity contribution in [3.63, 3.8) is 0 Å². The summed E-state index contributed by atoms with van der Waals surface area (Å²) in [4.78, 5) is 97.0. The van der Waals surface area contributed by atoms with E-state index in [9.17, 15) is 29.4 Å². The molecule has 4 N–H and O–H groups in total. The molecule has 0 spiro atoms. The fourth-order valence-corrected chi connectivity index (χ4v) is 13.2. The van der Waals surface area contributed by atoms with Crippen LogP contribution in [0.5, 0.6) is 5.75 Å². The third-order valence-electron chi connectivity index (χ3n) is 18.0. The van der Waals surface area contributed by atoms with E-state index in [1.165, 1.54) is 21.9 Å². The van der Waals surface area contributed by atoms with Crippen LogP contribution < -0.4 is 15.6 Å². The number of fused-ring (bicyclic) bond motifs is 8. The number of aromatic hydroxyl groups is 1. The van der Waals surface area contributed by atoms with E-state index in [2.05, 4.69) is 65.8 Å². The number of methoxy groups -OCH3 is 2. The van der Waals surface area contributed by atoms with Gasteiger partial charge in [-0.05, 0) is 96.7 Å². The molecule has 6 heterocycles. The second-order valence-corrected chi connectivity index (χ2v) is 24.1. The van der Waals surface area contributed by atoms with Crippen LogP contribution in [-0.2, 0) is 57.6 Å². The van der Waals surface area contributed by atoms with Crippen molar-refractivity contribution in [1.82, 2.24) is 40.0 Å². The quantitative estimate of drug-likeness (QED) is 0.0775. The van der Waals surface area contributed by atoms with Crippen LogP contribution in [0.2, 0.25) is 0 Å². The molecule has 3 saturated heterocycles. The Bertz CT molecular complexity index is 3340. The normalized spacial score (nSPS) is 23.4. The fourth-order valence-electron chi connectivity index (χ4n) is 13.2. The van der Waals surface area contributed by atoms with Crippen molar-refractivity contribution in [3.05, 3.63) is 114 Å². The van der Waals surface area contributed by atoms with Crippen LogP contribution >= 0.6 is 0 Å². The summed E-state index contributed by atoms with van der Waals surface area (Å²) in [6, 6.07) is 19.6. The number of hydrogen-bond donors (Lipinski definition) is 4. The molecule has 2 aromatic heterocycles. The van der Waals surface area contributed by atoms with Gasteiger partial charge in [0.05, 0.1) is 49.0 Å². The van der Waals surface area contributed by atoms with Gasteiger partial charge in [0.25, 0.3) is 5.91 Å². The molecule has 1 aliphatic carbocycles. The first-order chi connectivity index (χ1) is 40.3. The number of benzene rings is 3. The number of aryl methyl sites for hydroxylation is 1. The lowest BCUT2D eigenvalue weighted by molar-refractivity contribution is -0.156. The number of ether oxygens (including phenoxy) is 3. The first-order valence-corrected chi connectivity index (χ1v) is 29.2. The highest BCUT2D eigenvalue weighted by molar-refractivity contribution is 5.97. The molecule has 5 amide bonds. The van der Waals surface area contributed by atoms with Crippen LogP contribution in [0.15, 0.2) is 91.6 Å². The second-order valence-electron chi connectivity index (χ2n) is 24.1. The Balaban J connectivity index is 1.05. The maximum absolute atomic E-state index is 15.2. The van der Waals surface area contributed by atoms with E-state index in [4.69, 9.17) is 19.2 Å². The van der Waals surface area contributed by atoms with Gasteiger partial charge in [-0.1, -0.05) is 69.3 Å². The number of likely N-dealkylation sites (N-methyl/N-ethyl adjacent to an activating group) is 1. The number of anilines is 1. The lowest BCUT2D eigenvalue weighted by atomic mass is 9.84. The summed E-state index contributed by atoms with van der Waals surface area (Å²) in [7, 11) is 4.59. The topological polar surface area (TPSA) is 229 Å². The minimum absolute atomic E-state index is 0.00639. The van der Waals surface area contributed by atoms with Gasteiger partial charge in [-0.15, -0.1) is 6.58 Å². The maximum atomic E-state index is 15.2. The summed E-state index contributed by atoms with van der Waals surface area (Å²) in [6.45, 7) is 16.5. The third-order valence-corrected chi connectivity index (χ3v) is 18.0. The second kappa shape index (κ2) is 24.4. The summed E-state index contributed by atoms with van der Waals surface area (Å²) in [5.41, 5.74) is 10.8. The number of hydrazine groups is 1. The van der Waals surface area contributed by atoms with Crippen molar-refractivity contribution in [3.8, 4) is 28.1 Å². The van der Waals surface area contributed by atoms with Crippen LogP contribution in [-0.4, -0.2) is 174 Å². The zero-order valence-corrected chi connectivity index (χ0v) is 49.4. The molecule has 20 heteroatoms. The molecule has 9 atom stereocenters. The lowest BCUT2D eigenvalue weighted by Gasteiger charge is -2.37. The van der Waals surface area contributed by atoms with Crippen molar-refractivity contribution in [2.24, 2.45) is 29.1 Å². The van der Waals surface area contributed by atoms with Gasteiger partial charge in [-0.25, -0.2) is 10.2 Å². The minimum atomic E-state index is -1.27. The largest absolute Gasteiger partial charge is 0.508 e. The molecule has 20 nitrogen and oxygen atoms in total. The Hall–Kier alpha value is -7.81. The van der Waals surface area contributed by atoms with Crippen molar-refractivity contribution in [2.75, 3.05) is 85.2 Å².